The molecule has 0 radical (unpaired) electrons. The van der Waals surface area contributed by atoms with Crippen LogP contribution in [0.5, 0.6) is 0 Å². The molecule has 0 unspecified atom stereocenters. The van der Waals surface area contributed by atoms with Gasteiger partial charge in [0.2, 0.25) is 0 Å². The highest BCUT2D eigenvalue weighted by molar-refractivity contribution is 7.87. The molecule has 0 atom stereocenters. The minimum absolute atomic E-state index is 0.529. The Hall–Kier alpha value is -0.720. The van der Waals surface area contributed by atoms with Crippen LogP contribution in [0.3, 0.4) is 0 Å². The number of halogens is 3. The summed E-state index contributed by atoms with van der Waals surface area (Å²) in [7, 11) is -6.27. The lowest BCUT2D eigenvalue weighted by Crippen LogP contribution is -2.26. The summed E-state index contributed by atoms with van der Waals surface area (Å²) in [6.07, 6.45) is -13.2. The van der Waals surface area contributed by atoms with Crippen molar-refractivity contribution in [1.29, 1.82) is 0 Å². The Morgan fingerprint density at radius 2 is 1.94 bits per heavy atom. The molecule has 1 saturated carbocycles. The molecule has 7 heteroatoms. The molecule has 0 bridgehead atoms. The molecule has 0 heterocycles. The highest BCUT2D eigenvalue weighted by Gasteiger charge is 2.49. The Kier molecular flexibility index (Phi) is 1.67. The smallest absolute Gasteiger partial charge is 0.381 e. The molecule has 0 saturated heterocycles. The van der Waals surface area contributed by atoms with Crippen LogP contribution in [0.4, 0.5) is 13.2 Å². The zero-order valence-electron chi connectivity index (χ0n) is 15.9. The minimum atomic E-state index is -6.27. The standard InChI is InChI=1S/C9H13F3O3S/c1-2-8(7-5-3-4-6-7)15-16(13,14)9(10,11)12/h2,7H,3-6H2,1H3/i3D2,4D2,5D2,6D2. The predicted octanol–water partition coefficient (Wildman–Crippen LogP) is 2.95. The van der Waals surface area contributed by atoms with Crippen molar-refractivity contribution >= 4 is 10.1 Å². The lowest BCUT2D eigenvalue weighted by Gasteiger charge is -2.16. The monoisotopic (exact) mass is 266 g/mol. The van der Waals surface area contributed by atoms with Crippen LogP contribution in [0.1, 0.15) is 43.4 Å². The van der Waals surface area contributed by atoms with Gasteiger partial charge >= 0.3 is 15.6 Å². The molecule has 0 aromatic carbocycles. The van der Waals surface area contributed by atoms with E-state index in [-0.39, 0.29) is 0 Å². The molecule has 16 heavy (non-hydrogen) atoms. The van der Waals surface area contributed by atoms with Crippen LogP contribution < -0.4 is 0 Å². The second-order valence-corrected chi connectivity index (χ2v) is 4.18. The topological polar surface area (TPSA) is 43.4 Å². The van der Waals surface area contributed by atoms with Crippen LogP contribution in [-0.2, 0) is 14.3 Å². The van der Waals surface area contributed by atoms with Gasteiger partial charge in [-0.3, -0.25) is 0 Å². The van der Waals surface area contributed by atoms with Crippen LogP contribution in [0, 0.1) is 5.92 Å². The van der Waals surface area contributed by atoms with Gasteiger partial charge in [-0.05, 0) is 25.7 Å². The van der Waals surface area contributed by atoms with Gasteiger partial charge in [0.15, 0.2) is 0 Å². The van der Waals surface area contributed by atoms with Crippen molar-refractivity contribution in [1.82, 2.24) is 0 Å². The lowest BCUT2D eigenvalue weighted by molar-refractivity contribution is -0.0526. The van der Waals surface area contributed by atoms with E-state index < -0.39 is 52.8 Å². The first-order valence-corrected chi connectivity index (χ1v) is 5.37. The number of alkyl halides is 3. The van der Waals surface area contributed by atoms with E-state index in [4.69, 9.17) is 11.0 Å². The average Bonchev–Trinajstić information content (AvgIpc) is 2.40. The molecule has 1 aliphatic rings. The molecule has 0 aromatic rings. The SMILES string of the molecule is [2H]C1([2H])C(C(=CC)OS(=O)(=O)C(F)(F)F)C([2H])([2H])C([2H])([2H])C1([2H])[2H]. The number of hydrogen-bond acceptors (Lipinski definition) is 3. The summed E-state index contributed by atoms with van der Waals surface area (Å²) in [6.45, 7) is 0.927. The quantitative estimate of drug-likeness (QED) is 0.448. The van der Waals surface area contributed by atoms with Crippen LogP contribution in [0.2, 0.25) is 0 Å². The molecule has 0 aliphatic heterocycles. The van der Waals surface area contributed by atoms with Gasteiger partial charge in [0, 0.05) is 16.9 Å². The summed E-state index contributed by atoms with van der Waals surface area (Å²) in [6, 6.07) is 0. The molecule has 0 spiro atoms. The van der Waals surface area contributed by atoms with Gasteiger partial charge in [0.05, 0.1) is 0 Å². The van der Waals surface area contributed by atoms with Crippen LogP contribution in [0.15, 0.2) is 11.8 Å². The van der Waals surface area contributed by atoms with Crippen molar-refractivity contribution in [3.05, 3.63) is 11.8 Å². The van der Waals surface area contributed by atoms with Crippen molar-refractivity contribution in [3.8, 4) is 0 Å². The maximum atomic E-state index is 12.4. The van der Waals surface area contributed by atoms with Crippen molar-refractivity contribution in [3.63, 3.8) is 0 Å². The van der Waals surface area contributed by atoms with E-state index in [2.05, 4.69) is 4.18 Å². The first-order chi connectivity index (χ1) is 10.3. The Balaban J connectivity index is 3.53. The number of hydrogen-bond donors (Lipinski definition) is 0. The maximum absolute atomic E-state index is 12.4. The fraction of sp³-hybridized carbons (Fsp3) is 0.778. The van der Waals surface area contributed by atoms with Gasteiger partial charge in [0.25, 0.3) is 0 Å². The third kappa shape index (κ3) is 2.90. The number of allylic oxidation sites excluding steroid dienone is 2. The molecule has 0 aromatic heterocycles. The molecular weight excluding hydrogens is 245 g/mol. The van der Waals surface area contributed by atoms with Crippen LogP contribution in [-0.4, -0.2) is 13.9 Å². The summed E-state index contributed by atoms with van der Waals surface area (Å²) < 4.78 is 124. The second kappa shape index (κ2) is 4.65. The Bertz CT molecular complexity index is 629. The summed E-state index contributed by atoms with van der Waals surface area (Å²) in [5.41, 5.74) is -5.88. The highest BCUT2D eigenvalue weighted by atomic mass is 32.2. The molecule has 1 rings (SSSR count). The third-order valence-corrected chi connectivity index (χ3v) is 2.53. The summed E-state index contributed by atoms with van der Waals surface area (Å²) in [5.74, 6) is -3.94. The zero-order chi connectivity index (χ0) is 19.6. The third-order valence-electron chi connectivity index (χ3n) is 1.55. The van der Waals surface area contributed by atoms with Gasteiger partial charge in [-0.15, -0.1) is 0 Å². The second-order valence-electron chi connectivity index (χ2n) is 2.65. The predicted molar refractivity (Wildman–Crippen MR) is 51.8 cm³/mol. The van der Waals surface area contributed by atoms with E-state index in [0.717, 1.165) is 6.92 Å². The Morgan fingerprint density at radius 1 is 1.44 bits per heavy atom. The maximum Gasteiger partial charge on any atom is 0.534 e. The molecule has 0 N–H and O–H groups in total. The fourth-order valence-electron chi connectivity index (χ4n) is 0.832. The normalized spacial score (nSPS) is 40.1. The van der Waals surface area contributed by atoms with Crippen molar-refractivity contribution in [2.24, 2.45) is 5.92 Å². The number of rotatable bonds is 3. The highest BCUT2D eigenvalue weighted by Crippen LogP contribution is 2.35. The Morgan fingerprint density at radius 3 is 2.31 bits per heavy atom. The summed E-state index contributed by atoms with van der Waals surface area (Å²) in [4.78, 5) is 0. The van der Waals surface area contributed by atoms with E-state index in [1.165, 1.54) is 0 Å². The Labute approximate surface area is 104 Å². The molecule has 0 amide bonds. The van der Waals surface area contributed by atoms with E-state index in [1.807, 2.05) is 0 Å². The van der Waals surface area contributed by atoms with E-state index in [0.29, 0.717) is 6.08 Å². The van der Waals surface area contributed by atoms with Gasteiger partial charge in [0.1, 0.15) is 5.76 Å². The molecule has 94 valence electrons. The average molecular weight is 266 g/mol. The molecular formula is C9H13F3O3S. The van der Waals surface area contributed by atoms with Gasteiger partial charge in [-0.1, -0.05) is 12.7 Å². The molecule has 1 fully saturated rings. The summed E-state index contributed by atoms with van der Waals surface area (Å²) in [5, 5.41) is 0. The van der Waals surface area contributed by atoms with Gasteiger partial charge in [-0.25, -0.2) is 0 Å². The van der Waals surface area contributed by atoms with E-state index in [1.54, 1.807) is 0 Å². The van der Waals surface area contributed by atoms with E-state index >= 15 is 0 Å². The summed E-state index contributed by atoms with van der Waals surface area (Å²) >= 11 is 0. The van der Waals surface area contributed by atoms with Gasteiger partial charge < -0.3 is 4.18 Å². The molecule has 3 nitrogen and oxygen atoms in total. The first kappa shape index (κ1) is 5.75. The van der Waals surface area contributed by atoms with Crippen molar-refractivity contribution < 1.29 is 36.7 Å². The van der Waals surface area contributed by atoms with Crippen LogP contribution >= 0.6 is 0 Å². The lowest BCUT2D eigenvalue weighted by atomic mass is 10.1. The van der Waals surface area contributed by atoms with Crippen molar-refractivity contribution in [2.75, 3.05) is 0 Å². The molecule has 1 aliphatic carbocycles. The van der Waals surface area contributed by atoms with Crippen molar-refractivity contribution in [2.45, 2.75) is 37.9 Å². The van der Waals surface area contributed by atoms with E-state index in [9.17, 15) is 21.6 Å². The van der Waals surface area contributed by atoms with Gasteiger partial charge in [-0.2, -0.15) is 21.6 Å². The first-order valence-electron chi connectivity index (χ1n) is 7.96. The minimum Gasteiger partial charge on any atom is -0.381 e. The fourth-order valence-corrected chi connectivity index (χ4v) is 1.37. The van der Waals surface area contributed by atoms with Crippen LogP contribution in [0.25, 0.3) is 0 Å². The zero-order valence-corrected chi connectivity index (χ0v) is 8.74. The largest absolute Gasteiger partial charge is 0.534 e.